The molecule has 0 fully saturated rings. The van der Waals surface area contributed by atoms with Crippen molar-refractivity contribution in [2.45, 2.75) is 26.1 Å². The van der Waals surface area contributed by atoms with Gasteiger partial charge in [0.05, 0.1) is 26.9 Å². The Kier molecular flexibility index (Phi) is 2.92. The van der Waals surface area contributed by atoms with Gasteiger partial charge in [-0.05, 0) is 25.0 Å². The van der Waals surface area contributed by atoms with E-state index in [-0.39, 0.29) is 11.9 Å². The van der Waals surface area contributed by atoms with Gasteiger partial charge in [0.25, 0.3) is 0 Å². The minimum absolute atomic E-state index is 0.128. The first-order valence-corrected chi connectivity index (χ1v) is 5.24. The number of fused-ring (bicyclic) bond motifs is 1. The fourth-order valence-electron chi connectivity index (χ4n) is 2.00. The average Bonchev–Trinajstić information content (AvgIpc) is 2.28. The predicted molar refractivity (Wildman–Crippen MR) is 59.2 cm³/mol. The standard InChI is InChI=1S/C12H16O4/c1-7-4-8-5-10(14-2)12(15-3)11(13)9(8)6-16-7/h5,7,13H,4,6H2,1-3H3/t7-/m1/s1. The molecule has 0 saturated carbocycles. The number of hydrogen-bond donors (Lipinski definition) is 1. The van der Waals surface area contributed by atoms with Crippen molar-refractivity contribution >= 4 is 0 Å². The van der Waals surface area contributed by atoms with Gasteiger partial charge in [-0.1, -0.05) is 0 Å². The number of rotatable bonds is 2. The van der Waals surface area contributed by atoms with Gasteiger partial charge in [0.1, 0.15) is 0 Å². The van der Waals surface area contributed by atoms with Gasteiger partial charge in [-0.3, -0.25) is 0 Å². The summed E-state index contributed by atoms with van der Waals surface area (Å²) in [4.78, 5) is 0. The molecule has 1 aromatic carbocycles. The maximum Gasteiger partial charge on any atom is 0.203 e. The zero-order chi connectivity index (χ0) is 11.7. The lowest BCUT2D eigenvalue weighted by molar-refractivity contribution is 0.0392. The van der Waals surface area contributed by atoms with Gasteiger partial charge in [0.15, 0.2) is 11.5 Å². The number of benzene rings is 1. The van der Waals surface area contributed by atoms with Gasteiger partial charge >= 0.3 is 0 Å². The Morgan fingerprint density at radius 2 is 2.12 bits per heavy atom. The van der Waals surface area contributed by atoms with Crippen LogP contribution in [0.4, 0.5) is 0 Å². The molecule has 0 saturated heterocycles. The summed E-state index contributed by atoms with van der Waals surface area (Å²) in [5, 5.41) is 10.0. The SMILES string of the molecule is COc1cc2c(c(O)c1OC)CO[C@H](C)C2. The van der Waals surface area contributed by atoms with E-state index in [9.17, 15) is 5.11 Å². The van der Waals surface area contributed by atoms with Crippen LogP contribution in [0.2, 0.25) is 0 Å². The smallest absolute Gasteiger partial charge is 0.203 e. The molecule has 1 atom stereocenters. The first-order valence-electron chi connectivity index (χ1n) is 5.24. The van der Waals surface area contributed by atoms with E-state index in [1.807, 2.05) is 13.0 Å². The summed E-state index contributed by atoms with van der Waals surface area (Å²) < 4.78 is 15.8. The highest BCUT2D eigenvalue weighted by molar-refractivity contribution is 5.58. The van der Waals surface area contributed by atoms with E-state index in [0.29, 0.717) is 18.1 Å². The van der Waals surface area contributed by atoms with Crippen molar-refractivity contribution in [1.82, 2.24) is 0 Å². The van der Waals surface area contributed by atoms with Gasteiger partial charge in [-0.2, -0.15) is 0 Å². The quantitative estimate of drug-likeness (QED) is 0.833. The van der Waals surface area contributed by atoms with Gasteiger partial charge in [0, 0.05) is 5.56 Å². The van der Waals surface area contributed by atoms with E-state index in [2.05, 4.69) is 0 Å². The molecule has 4 heteroatoms. The maximum atomic E-state index is 10.0. The average molecular weight is 224 g/mol. The van der Waals surface area contributed by atoms with E-state index in [4.69, 9.17) is 14.2 Å². The van der Waals surface area contributed by atoms with E-state index < -0.39 is 0 Å². The van der Waals surface area contributed by atoms with Crippen LogP contribution in [0.1, 0.15) is 18.1 Å². The van der Waals surface area contributed by atoms with Gasteiger partial charge in [-0.15, -0.1) is 0 Å². The van der Waals surface area contributed by atoms with Crippen LogP contribution in [-0.2, 0) is 17.8 Å². The zero-order valence-corrected chi connectivity index (χ0v) is 9.74. The molecule has 1 aliphatic rings. The summed E-state index contributed by atoms with van der Waals surface area (Å²) in [6.45, 7) is 2.43. The first-order chi connectivity index (χ1) is 7.67. The highest BCUT2D eigenvalue weighted by atomic mass is 16.5. The Hall–Kier alpha value is -1.42. The molecule has 1 aliphatic heterocycles. The molecule has 2 rings (SSSR count). The van der Waals surface area contributed by atoms with Crippen molar-refractivity contribution < 1.29 is 19.3 Å². The molecule has 1 N–H and O–H groups in total. The molecule has 4 nitrogen and oxygen atoms in total. The molecular formula is C12H16O4. The topological polar surface area (TPSA) is 47.9 Å². The summed E-state index contributed by atoms with van der Waals surface area (Å²) in [6, 6.07) is 1.91. The molecule has 0 aliphatic carbocycles. The van der Waals surface area contributed by atoms with Crippen molar-refractivity contribution in [3.8, 4) is 17.2 Å². The van der Waals surface area contributed by atoms with Crippen molar-refractivity contribution in [3.63, 3.8) is 0 Å². The first kappa shape index (κ1) is 11.1. The third-order valence-electron chi connectivity index (χ3n) is 2.86. The fourth-order valence-corrected chi connectivity index (χ4v) is 2.00. The third-order valence-corrected chi connectivity index (χ3v) is 2.86. The lowest BCUT2D eigenvalue weighted by Gasteiger charge is -2.24. The Morgan fingerprint density at radius 1 is 1.38 bits per heavy atom. The number of methoxy groups -OCH3 is 2. The highest BCUT2D eigenvalue weighted by Gasteiger charge is 2.24. The highest BCUT2D eigenvalue weighted by Crippen LogP contribution is 2.43. The molecule has 0 aromatic heterocycles. The Balaban J connectivity index is 2.53. The summed E-state index contributed by atoms with van der Waals surface area (Å²) in [5.41, 5.74) is 1.87. The van der Waals surface area contributed by atoms with Crippen LogP contribution in [0.15, 0.2) is 6.07 Å². The predicted octanol–water partition coefficient (Wildman–Crippen LogP) is 1.87. The molecular weight excluding hydrogens is 208 g/mol. The summed E-state index contributed by atoms with van der Waals surface area (Å²) in [7, 11) is 3.07. The van der Waals surface area contributed by atoms with Gasteiger partial charge in [-0.25, -0.2) is 0 Å². The van der Waals surface area contributed by atoms with Crippen molar-refractivity contribution in [1.29, 1.82) is 0 Å². The zero-order valence-electron chi connectivity index (χ0n) is 9.74. The van der Waals surface area contributed by atoms with Gasteiger partial charge in [0.2, 0.25) is 5.75 Å². The lowest BCUT2D eigenvalue weighted by Crippen LogP contribution is -2.19. The molecule has 0 bridgehead atoms. The summed E-state index contributed by atoms with van der Waals surface area (Å²) in [5.74, 6) is 1.07. The van der Waals surface area contributed by atoms with Crippen LogP contribution in [0.3, 0.4) is 0 Å². The minimum Gasteiger partial charge on any atom is -0.504 e. The van der Waals surface area contributed by atoms with Crippen LogP contribution < -0.4 is 9.47 Å². The summed E-state index contributed by atoms with van der Waals surface area (Å²) in [6.07, 6.45) is 0.952. The largest absolute Gasteiger partial charge is 0.504 e. The molecule has 1 heterocycles. The second-order valence-electron chi connectivity index (χ2n) is 3.92. The number of aromatic hydroxyl groups is 1. The lowest BCUT2D eigenvalue weighted by atomic mass is 9.98. The molecule has 0 spiro atoms. The van der Waals surface area contributed by atoms with E-state index >= 15 is 0 Å². The Bertz CT molecular complexity index is 400. The van der Waals surface area contributed by atoms with Crippen molar-refractivity contribution in [2.75, 3.05) is 14.2 Å². The molecule has 88 valence electrons. The van der Waals surface area contributed by atoms with Crippen LogP contribution in [0, 0.1) is 0 Å². The van der Waals surface area contributed by atoms with Crippen molar-refractivity contribution in [2.24, 2.45) is 0 Å². The van der Waals surface area contributed by atoms with Crippen LogP contribution >= 0.6 is 0 Å². The van der Waals surface area contributed by atoms with Gasteiger partial charge < -0.3 is 19.3 Å². The second kappa shape index (κ2) is 4.22. The van der Waals surface area contributed by atoms with Crippen LogP contribution in [-0.4, -0.2) is 25.4 Å². The second-order valence-corrected chi connectivity index (χ2v) is 3.92. The molecule has 16 heavy (non-hydrogen) atoms. The Morgan fingerprint density at radius 3 is 2.75 bits per heavy atom. The minimum atomic E-state index is 0.128. The number of ether oxygens (including phenoxy) is 3. The van der Waals surface area contributed by atoms with Crippen LogP contribution in [0.5, 0.6) is 17.2 Å². The Labute approximate surface area is 94.8 Å². The molecule has 1 aromatic rings. The summed E-state index contributed by atoms with van der Waals surface area (Å²) >= 11 is 0. The fraction of sp³-hybridized carbons (Fsp3) is 0.500. The number of hydrogen-bond acceptors (Lipinski definition) is 4. The van der Waals surface area contributed by atoms with E-state index in [1.54, 1.807) is 7.11 Å². The normalized spacial score (nSPS) is 19.1. The van der Waals surface area contributed by atoms with Crippen molar-refractivity contribution in [3.05, 3.63) is 17.2 Å². The molecule has 0 amide bonds. The van der Waals surface area contributed by atoms with Crippen LogP contribution in [0.25, 0.3) is 0 Å². The molecule has 0 radical (unpaired) electrons. The van der Waals surface area contributed by atoms with E-state index in [1.165, 1.54) is 7.11 Å². The van der Waals surface area contributed by atoms with E-state index in [0.717, 1.165) is 17.5 Å². The molecule has 0 unspecified atom stereocenters. The maximum absolute atomic E-state index is 10.0. The number of phenols is 1. The third kappa shape index (κ3) is 1.69. The number of phenolic OH excluding ortho intramolecular Hbond substituents is 1. The monoisotopic (exact) mass is 224 g/mol.